The standard InChI is InChI=1S/C27H26Cl2N2O3.ClH/c1-17-6-5-9-19(12-17)13-23(27(33)34-16-18-7-3-2-4-8-18)31-26(32)24-22(28)14-20-15-30-11-10-21(20)25(24)29;/h2-9,12,14,23,30H,10-11,13,15-16H2,1H3,(H,31,32);1H/t23-;/m0./s1. The first kappa shape index (κ1) is 27.0. The van der Waals surface area contributed by atoms with Crippen LogP contribution in [-0.2, 0) is 35.5 Å². The van der Waals surface area contributed by atoms with Crippen LogP contribution in [0.1, 0.15) is 38.2 Å². The monoisotopic (exact) mass is 532 g/mol. The van der Waals surface area contributed by atoms with Crippen molar-refractivity contribution in [2.24, 2.45) is 0 Å². The van der Waals surface area contributed by atoms with E-state index in [0.717, 1.165) is 34.4 Å². The fraction of sp³-hybridized carbons (Fsp3) is 0.259. The molecule has 4 rings (SSSR count). The van der Waals surface area contributed by atoms with E-state index in [1.807, 2.05) is 61.5 Å². The molecule has 1 atom stereocenters. The lowest BCUT2D eigenvalue weighted by Gasteiger charge is -2.23. The van der Waals surface area contributed by atoms with Crippen molar-refractivity contribution in [1.82, 2.24) is 10.6 Å². The molecule has 1 heterocycles. The first-order valence-electron chi connectivity index (χ1n) is 11.2. The molecule has 0 aliphatic carbocycles. The minimum absolute atomic E-state index is 0. The van der Waals surface area contributed by atoms with Crippen molar-refractivity contribution < 1.29 is 14.3 Å². The molecule has 3 aromatic carbocycles. The summed E-state index contributed by atoms with van der Waals surface area (Å²) < 4.78 is 5.55. The normalized spacial score (nSPS) is 13.2. The third kappa shape index (κ3) is 6.77. The third-order valence-electron chi connectivity index (χ3n) is 5.84. The van der Waals surface area contributed by atoms with E-state index in [9.17, 15) is 9.59 Å². The Hall–Kier alpha value is -2.57. The summed E-state index contributed by atoms with van der Waals surface area (Å²) in [5, 5.41) is 6.70. The molecule has 8 heteroatoms. The molecule has 5 nitrogen and oxygen atoms in total. The number of hydrogen-bond donors (Lipinski definition) is 2. The van der Waals surface area contributed by atoms with Crippen molar-refractivity contribution in [3.8, 4) is 0 Å². The van der Waals surface area contributed by atoms with Gasteiger partial charge >= 0.3 is 5.97 Å². The topological polar surface area (TPSA) is 67.4 Å². The van der Waals surface area contributed by atoms with Crippen molar-refractivity contribution in [1.29, 1.82) is 0 Å². The van der Waals surface area contributed by atoms with Gasteiger partial charge in [-0.15, -0.1) is 12.4 Å². The number of esters is 1. The van der Waals surface area contributed by atoms with Gasteiger partial charge in [0.15, 0.2) is 0 Å². The lowest BCUT2D eigenvalue weighted by molar-refractivity contribution is -0.147. The van der Waals surface area contributed by atoms with Crippen molar-refractivity contribution >= 4 is 47.5 Å². The van der Waals surface area contributed by atoms with Gasteiger partial charge in [0, 0.05) is 13.0 Å². The molecular weight excluding hydrogens is 507 g/mol. The van der Waals surface area contributed by atoms with E-state index >= 15 is 0 Å². The summed E-state index contributed by atoms with van der Waals surface area (Å²) in [5.41, 5.74) is 4.93. The Morgan fingerprint density at radius 1 is 1.06 bits per heavy atom. The minimum Gasteiger partial charge on any atom is -0.459 e. The van der Waals surface area contributed by atoms with Crippen molar-refractivity contribution in [3.05, 3.63) is 104 Å². The van der Waals surface area contributed by atoms with E-state index in [2.05, 4.69) is 10.6 Å². The fourth-order valence-corrected chi connectivity index (χ4v) is 4.87. The highest BCUT2D eigenvalue weighted by Gasteiger charge is 2.28. The van der Waals surface area contributed by atoms with Gasteiger partial charge in [-0.3, -0.25) is 4.79 Å². The predicted molar refractivity (Wildman–Crippen MR) is 141 cm³/mol. The summed E-state index contributed by atoms with van der Waals surface area (Å²) >= 11 is 13.1. The van der Waals surface area contributed by atoms with E-state index in [4.69, 9.17) is 27.9 Å². The van der Waals surface area contributed by atoms with Crippen LogP contribution in [-0.4, -0.2) is 24.5 Å². The highest BCUT2D eigenvalue weighted by molar-refractivity contribution is 6.40. The number of carbonyl (C=O) groups is 2. The van der Waals surface area contributed by atoms with Gasteiger partial charge in [-0.1, -0.05) is 83.4 Å². The minimum atomic E-state index is -0.900. The first-order valence-corrected chi connectivity index (χ1v) is 12.0. The Morgan fingerprint density at radius 3 is 2.54 bits per heavy atom. The van der Waals surface area contributed by atoms with Crippen LogP contribution in [0.15, 0.2) is 60.7 Å². The third-order valence-corrected chi connectivity index (χ3v) is 6.56. The Kier molecular flexibility index (Phi) is 9.58. The second-order valence-electron chi connectivity index (χ2n) is 8.42. The number of amides is 1. The van der Waals surface area contributed by atoms with Crippen LogP contribution < -0.4 is 10.6 Å². The number of benzene rings is 3. The van der Waals surface area contributed by atoms with Crippen LogP contribution in [0.4, 0.5) is 0 Å². The molecule has 0 unspecified atom stereocenters. The summed E-state index contributed by atoms with van der Waals surface area (Å²) in [6, 6.07) is 18.1. The zero-order chi connectivity index (χ0) is 24.1. The number of ether oxygens (including phenoxy) is 1. The van der Waals surface area contributed by atoms with E-state index in [0.29, 0.717) is 18.0 Å². The van der Waals surface area contributed by atoms with Crippen LogP contribution in [0.5, 0.6) is 0 Å². The molecule has 0 saturated carbocycles. The van der Waals surface area contributed by atoms with E-state index < -0.39 is 17.9 Å². The molecule has 0 saturated heterocycles. The van der Waals surface area contributed by atoms with Gasteiger partial charge in [0.05, 0.1) is 15.6 Å². The molecule has 1 amide bonds. The van der Waals surface area contributed by atoms with Crippen LogP contribution in [0, 0.1) is 6.92 Å². The van der Waals surface area contributed by atoms with Gasteiger partial charge in [-0.05, 0) is 48.2 Å². The Balaban J connectivity index is 0.00000342. The van der Waals surface area contributed by atoms with E-state index in [1.54, 1.807) is 6.07 Å². The molecular formula is C27H27Cl3N2O3. The summed E-state index contributed by atoms with van der Waals surface area (Å²) in [6.07, 6.45) is 0.989. The highest BCUT2D eigenvalue weighted by atomic mass is 35.5. The second kappa shape index (κ2) is 12.4. The van der Waals surface area contributed by atoms with Gasteiger partial charge in [0.1, 0.15) is 12.6 Å². The van der Waals surface area contributed by atoms with Gasteiger partial charge < -0.3 is 15.4 Å². The zero-order valence-corrected chi connectivity index (χ0v) is 21.6. The van der Waals surface area contributed by atoms with E-state index in [1.165, 1.54) is 0 Å². The summed E-state index contributed by atoms with van der Waals surface area (Å²) in [7, 11) is 0. The molecule has 0 aromatic heterocycles. The molecule has 0 bridgehead atoms. The van der Waals surface area contributed by atoms with Crippen LogP contribution in [0.2, 0.25) is 10.0 Å². The average molecular weight is 534 g/mol. The number of carbonyl (C=O) groups excluding carboxylic acids is 2. The van der Waals surface area contributed by atoms with Crippen molar-refractivity contribution in [3.63, 3.8) is 0 Å². The summed E-state index contributed by atoms with van der Waals surface area (Å²) in [6.45, 7) is 3.52. The SMILES string of the molecule is Cc1cccc(C[C@H](NC(=O)c2c(Cl)cc3c(c2Cl)CCNC3)C(=O)OCc2ccccc2)c1.Cl. The number of nitrogens with one attached hydrogen (secondary N) is 2. The fourth-order valence-electron chi connectivity index (χ4n) is 4.11. The smallest absolute Gasteiger partial charge is 0.329 e. The summed E-state index contributed by atoms with van der Waals surface area (Å²) in [5.74, 6) is -1.02. The molecule has 1 aliphatic rings. The van der Waals surface area contributed by atoms with E-state index in [-0.39, 0.29) is 36.0 Å². The molecule has 184 valence electrons. The Morgan fingerprint density at radius 2 is 1.80 bits per heavy atom. The maximum Gasteiger partial charge on any atom is 0.329 e. The van der Waals surface area contributed by atoms with Crippen molar-refractivity contribution in [2.75, 3.05) is 6.54 Å². The van der Waals surface area contributed by atoms with Crippen LogP contribution in [0.3, 0.4) is 0 Å². The Bertz CT molecular complexity index is 1200. The lowest BCUT2D eigenvalue weighted by atomic mass is 9.97. The molecule has 0 radical (unpaired) electrons. The molecule has 3 aromatic rings. The predicted octanol–water partition coefficient (Wildman–Crippen LogP) is 5.45. The maximum absolute atomic E-state index is 13.3. The number of fused-ring (bicyclic) bond motifs is 1. The molecule has 1 aliphatic heterocycles. The molecule has 0 spiro atoms. The average Bonchev–Trinajstić information content (AvgIpc) is 2.83. The van der Waals surface area contributed by atoms with Gasteiger partial charge in [-0.2, -0.15) is 0 Å². The number of rotatable bonds is 7. The summed E-state index contributed by atoms with van der Waals surface area (Å²) in [4.78, 5) is 26.4. The lowest BCUT2D eigenvalue weighted by Crippen LogP contribution is -2.43. The maximum atomic E-state index is 13.3. The molecule has 2 N–H and O–H groups in total. The first-order chi connectivity index (χ1) is 16.4. The number of aryl methyl sites for hydroxylation is 1. The van der Waals surface area contributed by atoms with Crippen LogP contribution >= 0.6 is 35.6 Å². The van der Waals surface area contributed by atoms with Gasteiger partial charge in [-0.25, -0.2) is 4.79 Å². The van der Waals surface area contributed by atoms with Gasteiger partial charge in [0.2, 0.25) is 0 Å². The van der Waals surface area contributed by atoms with Crippen LogP contribution in [0.25, 0.3) is 0 Å². The molecule has 0 fully saturated rings. The number of hydrogen-bond acceptors (Lipinski definition) is 4. The Labute approximate surface area is 221 Å². The van der Waals surface area contributed by atoms with Gasteiger partial charge in [0.25, 0.3) is 5.91 Å². The highest BCUT2D eigenvalue weighted by Crippen LogP contribution is 2.33. The zero-order valence-electron chi connectivity index (χ0n) is 19.3. The molecule has 35 heavy (non-hydrogen) atoms. The largest absolute Gasteiger partial charge is 0.459 e. The second-order valence-corrected chi connectivity index (χ2v) is 9.21. The quantitative estimate of drug-likeness (QED) is 0.396. The van der Waals surface area contributed by atoms with Crippen molar-refractivity contribution in [2.45, 2.75) is 39.0 Å². The number of halogens is 3.